The fourth-order valence-electron chi connectivity index (χ4n) is 2.44. The molecule has 1 N–H and O–H groups in total. The average Bonchev–Trinajstić information content (AvgIpc) is 2.97. The number of benzene rings is 1. The van der Waals surface area contributed by atoms with Crippen LogP contribution in [0.4, 0.5) is 4.39 Å². The largest absolute Gasteiger partial charge is 0.481 e. The maximum Gasteiger partial charge on any atom is 0.267 e. The molecule has 1 saturated heterocycles. The first-order chi connectivity index (χ1) is 10.6. The molecule has 6 nitrogen and oxygen atoms in total. The van der Waals surface area contributed by atoms with E-state index >= 15 is 0 Å². The Morgan fingerprint density at radius 2 is 2.36 bits per heavy atom. The van der Waals surface area contributed by atoms with Crippen LogP contribution < -0.4 is 10.1 Å². The van der Waals surface area contributed by atoms with Gasteiger partial charge in [-0.3, -0.25) is 4.90 Å². The second-order valence-corrected chi connectivity index (χ2v) is 5.41. The van der Waals surface area contributed by atoms with Crippen LogP contribution in [0.15, 0.2) is 28.8 Å². The smallest absolute Gasteiger partial charge is 0.267 e. The summed E-state index contributed by atoms with van der Waals surface area (Å²) in [5.74, 6) is 1.12. The van der Waals surface area contributed by atoms with Crippen molar-refractivity contribution in [3.63, 3.8) is 0 Å². The molecule has 1 fully saturated rings. The van der Waals surface area contributed by atoms with Crippen LogP contribution in [0.3, 0.4) is 0 Å². The number of piperazine rings is 1. The first-order valence-corrected chi connectivity index (χ1v) is 7.30. The Balaban J connectivity index is 1.70. The van der Waals surface area contributed by atoms with E-state index in [-0.39, 0.29) is 11.9 Å². The highest BCUT2D eigenvalue weighted by molar-refractivity contribution is 5.23. The number of nitrogens with one attached hydrogen (secondary N) is 1. The molecule has 0 spiro atoms. The highest BCUT2D eigenvalue weighted by Crippen LogP contribution is 2.23. The number of ether oxygens (including phenoxy) is 1. The third-order valence-corrected chi connectivity index (χ3v) is 3.72. The second kappa shape index (κ2) is 6.41. The van der Waals surface area contributed by atoms with Crippen molar-refractivity contribution in [3.05, 3.63) is 41.8 Å². The molecule has 0 saturated carbocycles. The van der Waals surface area contributed by atoms with Gasteiger partial charge < -0.3 is 14.6 Å². The van der Waals surface area contributed by atoms with Crippen LogP contribution in [0.2, 0.25) is 0 Å². The molecule has 0 radical (unpaired) electrons. The van der Waals surface area contributed by atoms with E-state index in [1.165, 1.54) is 12.1 Å². The van der Waals surface area contributed by atoms with Crippen molar-refractivity contribution in [2.24, 2.45) is 0 Å². The van der Waals surface area contributed by atoms with E-state index in [4.69, 9.17) is 9.26 Å². The zero-order chi connectivity index (χ0) is 15.5. The number of aromatic nitrogens is 2. The molecule has 1 aliphatic heterocycles. The Labute approximate surface area is 128 Å². The van der Waals surface area contributed by atoms with Gasteiger partial charge >= 0.3 is 0 Å². The lowest BCUT2D eigenvalue weighted by Gasteiger charge is -2.30. The summed E-state index contributed by atoms with van der Waals surface area (Å²) in [5, 5.41) is 7.36. The summed E-state index contributed by atoms with van der Waals surface area (Å²) in [6, 6.07) is 6.07. The van der Waals surface area contributed by atoms with Gasteiger partial charge in [0, 0.05) is 25.7 Å². The van der Waals surface area contributed by atoms with Crippen LogP contribution in [-0.4, -0.2) is 41.7 Å². The lowest BCUT2D eigenvalue weighted by Crippen LogP contribution is -2.44. The Bertz CT molecular complexity index is 634. The van der Waals surface area contributed by atoms with Crippen LogP contribution in [0, 0.1) is 5.82 Å². The van der Waals surface area contributed by atoms with Gasteiger partial charge in [-0.1, -0.05) is 11.2 Å². The van der Waals surface area contributed by atoms with Crippen molar-refractivity contribution in [2.45, 2.75) is 19.1 Å². The molecule has 0 bridgehead atoms. The first-order valence-electron chi connectivity index (χ1n) is 7.30. The summed E-state index contributed by atoms with van der Waals surface area (Å²) in [4.78, 5) is 6.61. The zero-order valence-corrected chi connectivity index (χ0v) is 12.6. The van der Waals surface area contributed by atoms with Crippen molar-refractivity contribution in [3.8, 4) is 5.75 Å². The highest BCUT2D eigenvalue weighted by Gasteiger charge is 2.26. The molecule has 2 unspecified atom stereocenters. The van der Waals surface area contributed by atoms with Crippen LogP contribution >= 0.6 is 0 Å². The Morgan fingerprint density at radius 3 is 3.14 bits per heavy atom. The summed E-state index contributed by atoms with van der Waals surface area (Å²) in [5.41, 5.74) is 0. The predicted molar refractivity (Wildman–Crippen MR) is 78.0 cm³/mol. The van der Waals surface area contributed by atoms with Crippen LogP contribution in [0.1, 0.15) is 30.8 Å². The lowest BCUT2D eigenvalue weighted by molar-refractivity contribution is 0.173. The SMILES string of the molecule is CC(Oc1cccc(F)c1)c1nc(C2CNCCN2C)no1. The molecule has 0 aliphatic carbocycles. The van der Waals surface area contributed by atoms with Crippen LogP contribution in [-0.2, 0) is 0 Å². The second-order valence-electron chi connectivity index (χ2n) is 5.41. The molecule has 2 aromatic rings. The molecule has 22 heavy (non-hydrogen) atoms. The molecule has 2 atom stereocenters. The molecule has 118 valence electrons. The van der Waals surface area contributed by atoms with Gasteiger partial charge in [-0.25, -0.2) is 4.39 Å². The van der Waals surface area contributed by atoms with Crippen molar-refractivity contribution in [2.75, 3.05) is 26.7 Å². The Hall–Kier alpha value is -1.99. The number of likely N-dealkylation sites (N-methyl/N-ethyl adjacent to an activating group) is 1. The van der Waals surface area contributed by atoms with Gasteiger partial charge in [0.15, 0.2) is 11.9 Å². The van der Waals surface area contributed by atoms with E-state index < -0.39 is 6.10 Å². The van der Waals surface area contributed by atoms with Gasteiger partial charge in [-0.2, -0.15) is 4.98 Å². The first kappa shape index (κ1) is 14.9. The molecule has 1 aliphatic rings. The Morgan fingerprint density at radius 1 is 1.50 bits per heavy atom. The maximum absolute atomic E-state index is 13.2. The number of hydrogen-bond acceptors (Lipinski definition) is 6. The van der Waals surface area contributed by atoms with Crippen LogP contribution in [0.5, 0.6) is 5.75 Å². The van der Waals surface area contributed by atoms with Gasteiger partial charge in [-0.05, 0) is 26.1 Å². The molecule has 1 aromatic carbocycles. The highest BCUT2D eigenvalue weighted by atomic mass is 19.1. The molecule has 1 aromatic heterocycles. The molecule has 7 heteroatoms. The topological polar surface area (TPSA) is 63.4 Å². The van der Waals surface area contributed by atoms with Gasteiger partial charge in [0.1, 0.15) is 11.6 Å². The maximum atomic E-state index is 13.2. The predicted octanol–water partition coefficient (Wildman–Crippen LogP) is 1.92. The van der Waals surface area contributed by atoms with Crippen molar-refractivity contribution in [1.82, 2.24) is 20.4 Å². The van der Waals surface area contributed by atoms with Crippen molar-refractivity contribution < 1.29 is 13.7 Å². The molecule has 2 heterocycles. The lowest BCUT2D eigenvalue weighted by atomic mass is 10.2. The molecular weight excluding hydrogens is 287 g/mol. The minimum absolute atomic E-state index is 0.0904. The van der Waals surface area contributed by atoms with Crippen LogP contribution in [0.25, 0.3) is 0 Å². The van der Waals surface area contributed by atoms with Crippen molar-refractivity contribution >= 4 is 0 Å². The van der Waals surface area contributed by atoms with Gasteiger partial charge in [0.25, 0.3) is 5.89 Å². The monoisotopic (exact) mass is 306 g/mol. The third-order valence-electron chi connectivity index (χ3n) is 3.72. The molecule has 0 amide bonds. The van der Waals surface area contributed by atoms with E-state index in [0.29, 0.717) is 17.5 Å². The van der Waals surface area contributed by atoms with E-state index in [0.717, 1.165) is 19.6 Å². The van der Waals surface area contributed by atoms with E-state index in [1.54, 1.807) is 19.1 Å². The van der Waals surface area contributed by atoms with E-state index in [9.17, 15) is 4.39 Å². The number of hydrogen-bond donors (Lipinski definition) is 1. The fraction of sp³-hybridized carbons (Fsp3) is 0.467. The number of halogens is 1. The minimum atomic E-state index is -0.440. The summed E-state index contributed by atoms with van der Waals surface area (Å²) in [7, 11) is 2.04. The van der Waals surface area contributed by atoms with Gasteiger partial charge in [0.2, 0.25) is 0 Å². The van der Waals surface area contributed by atoms with Gasteiger partial charge in [-0.15, -0.1) is 0 Å². The molecule has 3 rings (SSSR count). The normalized spacial score (nSPS) is 20.8. The van der Waals surface area contributed by atoms with E-state index in [1.807, 2.05) is 7.05 Å². The Kier molecular flexibility index (Phi) is 4.35. The van der Waals surface area contributed by atoms with Crippen molar-refractivity contribution in [1.29, 1.82) is 0 Å². The average molecular weight is 306 g/mol. The van der Waals surface area contributed by atoms with Gasteiger partial charge in [0.05, 0.1) is 6.04 Å². The number of nitrogens with zero attached hydrogens (tertiary/aromatic N) is 3. The summed E-state index contributed by atoms with van der Waals surface area (Å²) in [6.45, 7) is 4.47. The minimum Gasteiger partial charge on any atom is -0.481 e. The molecular formula is C15H19FN4O2. The third kappa shape index (κ3) is 3.26. The fourth-order valence-corrected chi connectivity index (χ4v) is 2.44. The summed E-state index contributed by atoms with van der Waals surface area (Å²) >= 11 is 0. The zero-order valence-electron chi connectivity index (χ0n) is 12.6. The standard InChI is InChI=1S/C15H19FN4O2/c1-10(21-12-5-3-4-11(16)8-12)15-18-14(19-22-15)13-9-17-6-7-20(13)2/h3-5,8,10,13,17H,6-7,9H2,1-2H3. The quantitative estimate of drug-likeness (QED) is 0.931. The summed E-state index contributed by atoms with van der Waals surface area (Å²) < 4.78 is 24.1. The van der Waals surface area contributed by atoms with E-state index in [2.05, 4.69) is 20.4 Å². The number of rotatable bonds is 4. The summed E-state index contributed by atoms with van der Waals surface area (Å²) in [6.07, 6.45) is -0.440.